The third-order valence-electron chi connectivity index (χ3n) is 2.70. The van der Waals surface area contributed by atoms with Crippen LogP contribution in [0.4, 0.5) is 0 Å². The molecule has 16 heavy (non-hydrogen) atoms. The van der Waals surface area contributed by atoms with Gasteiger partial charge in [-0.3, -0.25) is 0 Å². The highest BCUT2D eigenvalue weighted by Crippen LogP contribution is 2.28. The maximum atomic E-state index is 5.39. The van der Waals surface area contributed by atoms with Crippen molar-refractivity contribution in [2.24, 2.45) is 0 Å². The molecule has 0 bridgehead atoms. The quantitative estimate of drug-likeness (QED) is 0.776. The summed E-state index contributed by atoms with van der Waals surface area (Å²) in [4.78, 5) is 3.28. The lowest BCUT2D eigenvalue weighted by Crippen LogP contribution is -1.86. The van der Waals surface area contributed by atoms with Crippen LogP contribution in [0.5, 0.6) is 5.75 Å². The fourth-order valence-corrected chi connectivity index (χ4v) is 1.86. The Hall–Kier alpha value is -1.70. The molecule has 0 aliphatic rings. The number of aromatic nitrogens is 1. The lowest BCUT2D eigenvalue weighted by atomic mass is 10.1. The Labute approximate surface area is 95.9 Å². The predicted molar refractivity (Wildman–Crippen MR) is 68.0 cm³/mol. The van der Waals surface area contributed by atoms with E-state index in [1.54, 1.807) is 7.11 Å². The van der Waals surface area contributed by atoms with Crippen molar-refractivity contribution in [3.05, 3.63) is 41.6 Å². The highest BCUT2D eigenvalue weighted by atomic mass is 16.5. The van der Waals surface area contributed by atoms with Crippen molar-refractivity contribution >= 4 is 10.9 Å². The average Bonchev–Trinajstić information content (AvgIpc) is 2.69. The van der Waals surface area contributed by atoms with Crippen LogP contribution in [0.15, 0.2) is 36.0 Å². The number of hydrogen-bond donors (Lipinski definition) is 1. The molecule has 1 aromatic heterocycles. The van der Waals surface area contributed by atoms with Crippen molar-refractivity contribution in [2.75, 3.05) is 7.11 Å². The number of ether oxygens (including phenoxy) is 1. The van der Waals surface area contributed by atoms with Gasteiger partial charge in [0.15, 0.2) is 0 Å². The molecule has 0 fully saturated rings. The summed E-state index contributed by atoms with van der Waals surface area (Å²) >= 11 is 0. The first kappa shape index (κ1) is 10.8. The van der Waals surface area contributed by atoms with Gasteiger partial charge in [-0.15, -0.1) is 0 Å². The van der Waals surface area contributed by atoms with E-state index in [0.29, 0.717) is 0 Å². The maximum Gasteiger partial charge on any atom is 0.128 e. The first-order valence-corrected chi connectivity index (χ1v) is 5.48. The van der Waals surface area contributed by atoms with Crippen LogP contribution in [0.2, 0.25) is 0 Å². The van der Waals surface area contributed by atoms with Gasteiger partial charge < -0.3 is 9.72 Å². The maximum absolute atomic E-state index is 5.39. The minimum absolute atomic E-state index is 0.941. The molecule has 0 atom stereocenters. The van der Waals surface area contributed by atoms with Gasteiger partial charge in [-0.25, -0.2) is 0 Å². The molecule has 1 heterocycles. The zero-order valence-corrected chi connectivity index (χ0v) is 10.0. The number of rotatable bonds is 3. The number of hydrogen-bond acceptors (Lipinski definition) is 1. The van der Waals surface area contributed by atoms with E-state index in [4.69, 9.17) is 4.74 Å². The summed E-state index contributed by atoms with van der Waals surface area (Å²) in [6.45, 7) is 4.23. The molecule has 0 radical (unpaired) electrons. The summed E-state index contributed by atoms with van der Waals surface area (Å²) < 4.78 is 5.39. The summed E-state index contributed by atoms with van der Waals surface area (Å²) in [6, 6.07) is 6.08. The molecule has 1 aromatic carbocycles. The third-order valence-corrected chi connectivity index (χ3v) is 2.70. The Morgan fingerprint density at radius 1 is 1.38 bits per heavy atom. The van der Waals surface area contributed by atoms with Gasteiger partial charge in [-0.05, 0) is 38.0 Å². The molecule has 2 heteroatoms. The normalized spacial score (nSPS) is 10.4. The largest absolute Gasteiger partial charge is 0.496 e. The summed E-state index contributed by atoms with van der Waals surface area (Å²) in [5.74, 6) is 0.941. The number of allylic oxidation sites excluding steroid dienone is 2. The van der Waals surface area contributed by atoms with Crippen LogP contribution in [0.1, 0.15) is 19.4 Å². The van der Waals surface area contributed by atoms with E-state index in [9.17, 15) is 0 Å². The van der Waals surface area contributed by atoms with Crippen LogP contribution in [0.25, 0.3) is 10.9 Å². The zero-order chi connectivity index (χ0) is 11.5. The molecule has 0 unspecified atom stereocenters. The third kappa shape index (κ3) is 1.96. The summed E-state index contributed by atoms with van der Waals surface area (Å²) in [5, 5.41) is 1.20. The van der Waals surface area contributed by atoms with Gasteiger partial charge in [0.25, 0.3) is 0 Å². The number of benzene rings is 1. The van der Waals surface area contributed by atoms with E-state index in [1.807, 2.05) is 12.1 Å². The molecule has 84 valence electrons. The molecular formula is C14H17NO. The van der Waals surface area contributed by atoms with Crippen molar-refractivity contribution in [1.29, 1.82) is 0 Å². The molecule has 0 saturated heterocycles. The topological polar surface area (TPSA) is 25.0 Å². The molecule has 2 aromatic rings. The van der Waals surface area contributed by atoms with Crippen molar-refractivity contribution in [2.45, 2.75) is 20.3 Å². The van der Waals surface area contributed by atoms with Gasteiger partial charge in [-0.1, -0.05) is 17.7 Å². The predicted octanol–water partition coefficient (Wildman–Crippen LogP) is 3.69. The highest BCUT2D eigenvalue weighted by Gasteiger charge is 2.07. The number of methoxy groups -OCH3 is 1. The fourth-order valence-electron chi connectivity index (χ4n) is 1.86. The van der Waals surface area contributed by atoms with Gasteiger partial charge in [-0.2, -0.15) is 0 Å². The lowest BCUT2D eigenvalue weighted by Gasteiger charge is -2.03. The van der Waals surface area contributed by atoms with E-state index >= 15 is 0 Å². The van der Waals surface area contributed by atoms with Crippen LogP contribution >= 0.6 is 0 Å². The zero-order valence-electron chi connectivity index (χ0n) is 10.0. The van der Waals surface area contributed by atoms with E-state index in [1.165, 1.54) is 16.5 Å². The smallest absolute Gasteiger partial charge is 0.128 e. The van der Waals surface area contributed by atoms with Crippen molar-refractivity contribution in [1.82, 2.24) is 4.98 Å². The lowest BCUT2D eigenvalue weighted by molar-refractivity contribution is 0.419. The Morgan fingerprint density at radius 3 is 2.88 bits per heavy atom. The number of H-pyrrole nitrogens is 1. The van der Waals surface area contributed by atoms with Crippen molar-refractivity contribution in [3.8, 4) is 5.75 Å². The molecular weight excluding hydrogens is 198 g/mol. The molecule has 1 N–H and O–H groups in total. The second-order valence-electron chi connectivity index (χ2n) is 4.18. The SMILES string of the molecule is COc1cccc2[nH]cc(CC=C(C)C)c12. The molecule has 2 rings (SSSR count). The van der Waals surface area contributed by atoms with Gasteiger partial charge in [0.05, 0.1) is 7.11 Å². The minimum atomic E-state index is 0.941. The number of aromatic amines is 1. The monoisotopic (exact) mass is 215 g/mol. The van der Waals surface area contributed by atoms with Crippen LogP contribution in [0.3, 0.4) is 0 Å². The molecule has 0 aliphatic carbocycles. The molecule has 2 nitrogen and oxygen atoms in total. The van der Waals surface area contributed by atoms with E-state index in [-0.39, 0.29) is 0 Å². The van der Waals surface area contributed by atoms with Crippen molar-refractivity contribution < 1.29 is 4.74 Å². The second-order valence-corrected chi connectivity index (χ2v) is 4.18. The van der Waals surface area contributed by atoms with Crippen LogP contribution in [-0.4, -0.2) is 12.1 Å². The molecule has 0 saturated carbocycles. The molecule has 0 amide bonds. The first-order chi connectivity index (χ1) is 7.72. The van der Waals surface area contributed by atoms with E-state index < -0.39 is 0 Å². The van der Waals surface area contributed by atoms with Crippen molar-refractivity contribution in [3.63, 3.8) is 0 Å². The van der Waals surface area contributed by atoms with Crippen LogP contribution in [-0.2, 0) is 6.42 Å². The molecule has 0 aliphatic heterocycles. The Morgan fingerprint density at radius 2 is 2.19 bits per heavy atom. The average molecular weight is 215 g/mol. The Kier molecular flexibility index (Phi) is 3.00. The van der Waals surface area contributed by atoms with E-state index in [2.05, 4.69) is 37.2 Å². The Bertz CT molecular complexity index is 519. The summed E-state index contributed by atoms with van der Waals surface area (Å²) in [6.07, 6.45) is 5.24. The van der Waals surface area contributed by atoms with Gasteiger partial charge in [0.2, 0.25) is 0 Å². The second kappa shape index (κ2) is 4.44. The minimum Gasteiger partial charge on any atom is -0.496 e. The van der Waals surface area contributed by atoms with Crippen LogP contribution < -0.4 is 4.74 Å². The van der Waals surface area contributed by atoms with Gasteiger partial charge in [0.1, 0.15) is 5.75 Å². The van der Waals surface area contributed by atoms with E-state index in [0.717, 1.165) is 17.7 Å². The first-order valence-electron chi connectivity index (χ1n) is 5.48. The fraction of sp³-hybridized carbons (Fsp3) is 0.286. The van der Waals surface area contributed by atoms with Gasteiger partial charge in [0, 0.05) is 17.1 Å². The number of fused-ring (bicyclic) bond motifs is 1. The Balaban J connectivity index is 2.49. The van der Waals surface area contributed by atoms with Crippen LogP contribution in [0, 0.1) is 0 Å². The van der Waals surface area contributed by atoms with Gasteiger partial charge >= 0.3 is 0 Å². The standard InChI is InChI=1S/C14H17NO/c1-10(2)7-8-11-9-15-12-5-4-6-13(16-3)14(11)12/h4-7,9,15H,8H2,1-3H3. The molecule has 0 spiro atoms. The highest BCUT2D eigenvalue weighted by molar-refractivity contribution is 5.89. The summed E-state index contributed by atoms with van der Waals surface area (Å²) in [7, 11) is 1.71. The summed E-state index contributed by atoms with van der Waals surface area (Å²) in [5.41, 5.74) is 3.76. The number of nitrogens with one attached hydrogen (secondary N) is 1.